The van der Waals surface area contributed by atoms with Crippen molar-refractivity contribution in [1.82, 2.24) is 0 Å². The van der Waals surface area contributed by atoms with E-state index in [0.29, 0.717) is 24.6 Å². The smallest absolute Gasteiger partial charge is 0.333 e. The number of benzene rings is 1. The molecule has 2 N–H and O–H groups in total. The van der Waals surface area contributed by atoms with Gasteiger partial charge in [0.2, 0.25) is 0 Å². The van der Waals surface area contributed by atoms with Crippen LogP contribution in [0.5, 0.6) is 5.75 Å². The molecule has 0 aliphatic carbocycles. The first kappa shape index (κ1) is 14.6. The van der Waals surface area contributed by atoms with Crippen LogP contribution in [0.2, 0.25) is 0 Å². The lowest BCUT2D eigenvalue weighted by atomic mass is 9.90. The Labute approximate surface area is 118 Å². The second kappa shape index (κ2) is 5.66. The number of hydrogen-bond donors (Lipinski definition) is 1. The van der Waals surface area contributed by atoms with E-state index >= 15 is 0 Å². The van der Waals surface area contributed by atoms with E-state index in [1.165, 1.54) is 0 Å². The van der Waals surface area contributed by atoms with Crippen molar-refractivity contribution in [1.29, 1.82) is 0 Å². The van der Waals surface area contributed by atoms with Crippen LogP contribution in [0, 0.1) is 15.5 Å². The van der Waals surface area contributed by atoms with Crippen LogP contribution in [0.1, 0.15) is 20.3 Å². The molecule has 0 radical (unpaired) electrons. The van der Waals surface area contributed by atoms with Gasteiger partial charge in [0.15, 0.2) is 5.75 Å². The quantitative estimate of drug-likeness (QED) is 0.660. The van der Waals surface area contributed by atoms with Gasteiger partial charge in [0.1, 0.15) is 5.69 Å². The van der Waals surface area contributed by atoms with Crippen molar-refractivity contribution < 1.29 is 9.66 Å². The van der Waals surface area contributed by atoms with Crippen LogP contribution in [0.15, 0.2) is 18.2 Å². The molecule has 0 spiro atoms. The van der Waals surface area contributed by atoms with Gasteiger partial charge in [0.05, 0.1) is 11.5 Å². The van der Waals surface area contributed by atoms with Crippen molar-refractivity contribution in [2.75, 3.05) is 31.1 Å². The molecule has 1 aromatic carbocycles. The predicted octanol–water partition coefficient (Wildman–Crippen LogP) is 2.17. The van der Waals surface area contributed by atoms with E-state index in [0.717, 1.165) is 19.5 Å². The topological polar surface area (TPSA) is 81.6 Å². The normalized spacial score (nSPS) is 22.1. The van der Waals surface area contributed by atoms with Gasteiger partial charge < -0.3 is 15.4 Å². The summed E-state index contributed by atoms with van der Waals surface area (Å²) < 4.78 is 5.38. The molecule has 6 heteroatoms. The Morgan fingerprint density at radius 1 is 1.55 bits per heavy atom. The molecule has 1 heterocycles. The lowest BCUT2D eigenvalue weighted by Crippen LogP contribution is -2.31. The average molecular weight is 279 g/mol. The highest BCUT2D eigenvalue weighted by molar-refractivity contribution is 5.70. The van der Waals surface area contributed by atoms with Crippen molar-refractivity contribution in [2.45, 2.75) is 20.3 Å². The minimum absolute atomic E-state index is 0.0233. The van der Waals surface area contributed by atoms with E-state index in [1.807, 2.05) is 11.8 Å². The van der Waals surface area contributed by atoms with Gasteiger partial charge in [-0.2, -0.15) is 0 Å². The molecule has 1 fully saturated rings. The maximum absolute atomic E-state index is 11.4. The van der Waals surface area contributed by atoms with Gasteiger partial charge >= 0.3 is 5.69 Å². The van der Waals surface area contributed by atoms with E-state index in [1.54, 1.807) is 18.2 Å². The van der Waals surface area contributed by atoms with Crippen LogP contribution in [0.3, 0.4) is 0 Å². The molecule has 6 nitrogen and oxygen atoms in total. The summed E-state index contributed by atoms with van der Waals surface area (Å²) in [6.45, 7) is 6.44. The molecular weight excluding hydrogens is 258 g/mol. The molecule has 0 aromatic heterocycles. The summed E-state index contributed by atoms with van der Waals surface area (Å²) in [5.74, 6) is 0.330. The van der Waals surface area contributed by atoms with E-state index in [2.05, 4.69) is 6.92 Å². The zero-order valence-corrected chi connectivity index (χ0v) is 12.0. The Morgan fingerprint density at radius 3 is 2.85 bits per heavy atom. The minimum atomic E-state index is -0.363. The van der Waals surface area contributed by atoms with Gasteiger partial charge in [-0.15, -0.1) is 0 Å². The third-order valence-electron chi connectivity index (χ3n) is 3.85. The number of para-hydroxylation sites is 1. The summed E-state index contributed by atoms with van der Waals surface area (Å²) in [4.78, 5) is 13.1. The predicted molar refractivity (Wildman–Crippen MR) is 78.3 cm³/mol. The van der Waals surface area contributed by atoms with Crippen molar-refractivity contribution in [3.8, 4) is 5.75 Å². The molecule has 0 bridgehead atoms. The van der Waals surface area contributed by atoms with Crippen LogP contribution >= 0.6 is 0 Å². The molecule has 2 rings (SSSR count). The zero-order chi connectivity index (χ0) is 14.8. The number of hydrogen-bond acceptors (Lipinski definition) is 5. The molecule has 1 atom stereocenters. The number of nitro benzene ring substituents is 1. The second-order valence-corrected chi connectivity index (χ2v) is 5.50. The molecule has 1 aromatic rings. The summed E-state index contributed by atoms with van der Waals surface area (Å²) in [5.41, 5.74) is 6.50. The summed E-state index contributed by atoms with van der Waals surface area (Å²) in [7, 11) is 0. The first-order chi connectivity index (χ1) is 9.50. The molecule has 20 heavy (non-hydrogen) atoms. The van der Waals surface area contributed by atoms with Gasteiger partial charge in [-0.1, -0.05) is 13.0 Å². The van der Waals surface area contributed by atoms with Crippen LogP contribution in [-0.2, 0) is 0 Å². The highest BCUT2D eigenvalue weighted by Gasteiger charge is 2.36. The van der Waals surface area contributed by atoms with Crippen molar-refractivity contribution in [2.24, 2.45) is 11.1 Å². The van der Waals surface area contributed by atoms with E-state index in [4.69, 9.17) is 10.5 Å². The van der Waals surface area contributed by atoms with Gasteiger partial charge in [-0.25, -0.2) is 0 Å². The van der Waals surface area contributed by atoms with Crippen LogP contribution in [0.4, 0.5) is 11.4 Å². The minimum Gasteiger partial charge on any atom is -0.487 e. The number of anilines is 1. The molecule has 1 aliphatic rings. The molecular formula is C14H21N3O3. The molecule has 110 valence electrons. The van der Waals surface area contributed by atoms with E-state index in [9.17, 15) is 10.1 Å². The van der Waals surface area contributed by atoms with Crippen LogP contribution in [0.25, 0.3) is 0 Å². The van der Waals surface area contributed by atoms with E-state index < -0.39 is 0 Å². The Balaban J connectivity index is 2.37. The summed E-state index contributed by atoms with van der Waals surface area (Å²) in [6, 6.07) is 5.22. The summed E-state index contributed by atoms with van der Waals surface area (Å²) in [6.07, 6.45) is 0.944. The summed E-state index contributed by atoms with van der Waals surface area (Å²) in [5, 5.41) is 11.4. The maximum Gasteiger partial charge on any atom is 0.333 e. The fraction of sp³-hybridized carbons (Fsp3) is 0.571. The third-order valence-corrected chi connectivity index (χ3v) is 3.85. The average Bonchev–Trinajstić information content (AvgIpc) is 2.82. The Kier molecular flexibility index (Phi) is 4.13. The Morgan fingerprint density at radius 2 is 2.30 bits per heavy atom. The Hall–Kier alpha value is -1.82. The first-order valence-corrected chi connectivity index (χ1v) is 6.86. The highest BCUT2D eigenvalue weighted by atomic mass is 16.6. The third kappa shape index (κ3) is 2.70. The fourth-order valence-corrected chi connectivity index (χ4v) is 2.62. The SMILES string of the molecule is CCOc1cccc(N2CCC(C)(CN)C2)c1[N+](=O)[O-]. The maximum atomic E-state index is 11.4. The number of nitro groups is 1. The molecule has 1 saturated heterocycles. The molecule has 0 amide bonds. The van der Waals surface area contributed by atoms with Crippen LogP contribution < -0.4 is 15.4 Å². The number of nitrogens with two attached hydrogens (primary N) is 1. The highest BCUT2D eigenvalue weighted by Crippen LogP contribution is 2.41. The standard InChI is InChI=1S/C14H21N3O3/c1-3-20-12-6-4-5-11(13(12)17(18)19)16-8-7-14(2,9-15)10-16/h4-6H,3,7-10,15H2,1-2H3. The Bertz CT molecular complexity index is 506. The monoisotopic (exact) mass is 279 g/mol. The van der Waals surface area contributed by atoms with Crippen LogP contribution in [-0.4, -0.2) is 31.2 Å². The zero-order valence-electron chi connectivity index (χ0n) is 12.0. The van der Waals surface area contributed by atoms with Crippen molar-refractivity contribution in [3.05, 3.63) is 28.3 Å². The second-order valence-electron chi connectivity index (χ2n) is 5.50. The van der Waals surface area contributed by atoms with Gasteiger partial charge in [-0.05, 0) is 37.4 Å². The number of ether oxygens (including phenoxy) is 1. The first-order valence-electron chi connectivity index (χ1n) is 6.86. The summed E-state index contributed by atoms with van der Waals surface area (Å²) >= 11 is 0. The molecule has 1 unspecified atom stereocenters. The van der Waals surface area contributed by atoms with Gasteiger partial charge in [-0.3, -0.25) is 10.1 Å². The lowest BCUT2D eigenvalue weighted by Gasteiger charge is -2.24. The van der Waals surface area contributed by atoms with E-state index in [-0.39, 0.29) is 16.0 Å². The largest absolute Gasteiger partial charge is 0.487 e. The van der Waals surface area contributed by atoms with Gasteiger partial charge in [0, 0.05) is 13.1 Å². The van der Waals surface area contributed by atoms with Crippen molar-refractivity contribution in [3.63, 3.8) is 0 Å². The van der Waals surface area contributed by atoms with Gasteiger partial charge in [0.25, 0.3) is 0 Å². The number of rotatable bonds is 5. The number of nitrogens with zero attached hydrogens (tertiary/aromatic N) is 2. The van der Waals surface area contributed by atoms with Crippen molar-refractivity contribution >= 4 is 11.4 Å². The lowest BCUT2D eigenvalue weighted by molar-refractivity contribution is -0.385. The fourth-order valence-electron chi connectivity index (χ4n) is 2.62. The molecule has 1 aliphatic heterocycles. The molecule has 0 saturated carbocycles.